The summed E-state index contributed by atoms with van der Waals surface area (Å²) in [5.74, 6) is -1.09. The fourth-order valence-electron chi connectivity index (χ4n) is 5.07. The van der Waals surface area contributed by atoms with Crippen molar-refractivity contribution >= 4 is 29.2 Å². The first-order valence-electron chi connectivity index (χ1n) is 10.7. The average molecular weight is 428 g/mol. The molecule has 0 aliphatic carbocycles. The van der Waals surface area contributed by atoms with Crippen LogP contribution in [-0.4, -0.2) is 39.5 Å². The molecule has 3 aromatic rings. The van der Waals surface area contributed by atoms with Crippen LogP contribution in [0.1, 0.15) is 40.4 Å². The maximum absolute atomic E-state index is 12.9. The van der Waals surface area contributed by atoms with Gasteiger partial charge < -0.3 is 20.7 Å². The monoisotopic (exact) mass is 428 g/mol. The van der Waals surface area contributed by atoms with Crippen molar-refractivity contribution in [2.45, 2.75) is 32.2 Å². The first-order valence-corrected chi connectivity index (χ1v) is 10.7. The van der Waals surface area contributed by atoms with Crippen LogP contribution in [0.2, 0.25) is 0 Å². The molecule has 7 heteroatoms. The predicted molar refractivity (Wildman–Crippen MR) is 123 cm³/mol. The number of benzene rings is 1. The highest BCUT2D eigenvalue weighted by Crippen LogP contribution is 2.41. The van der Waals surface area contributed by atoms with Gasteiger partial charge in [0.15, 0.2) is 0 Å². The van der Waals surface area contributed by atoms with Crippen LogP contribution in [0.25, 0.3) is 22.8 Å². The topological polar surface area (TPSA) is 107 Å². The molecule has 0 saturated carbocycles. The van der Waals surface area contributed by atoms with Gasteiger partial charge in [0, 0.05) is 41.0 Å². The Morgan fingerprint density at radius 2 is 1.97 bits per heavy atom. The number of rotatable bonds is 4. The number of carboxylic acid groups (broad SMARTS) is 1. The van der Waals surface area contributed by atoms with Gasteiger partial charge in [-0.15, -0.1) is 0 Å². The van der Waals surface area contributed by atoms with Crippen LogP contribution >= 0.6 is 0 Å². The highest BCUT2D eigenvalue weighted by molar-refractivity contribution is 6.36. The molecule has 1 amide bonds. The Morgan fingerprint density at radius 1 is 1.19 bits per heavy atom. The highest BCUT2D eigenvalue weighted by atomic mass is 16.4. The van der Waals surface area contributed by atoms with Gasteiger partial charge >= 0.3 is 5.97 Å². The van der Waals surface area contributed by atoms with Gasteiger partial charge in [-0.2, -0.15) is 0 Å². The van der Waals surface area contributed by atoms with Crippen LogP contribution in [-0.2, 0) is 9.59 Å². The molecule has 1 fully saturated rings. The normalized spacial score (nSPS) is 21.1. The molecule has 1 aromatic carbocycles. The number of aromatic nitrogens is 2. The standard InChI is InChI=1S/C25H24N4O3/c1-13-20(28-14(2)21(13)17-8-11-27-23(17)25(31)32)12-18-22-16(15-6-9-26-10-7-15)4-3-5-19(22)29-24(18)30/h3-7,9-10,12,17,23,27-28H,8,11H2,1-2H3,(H,29,30)(H,31,32)/t17?,23-/m0/s1. The molecule has 32 heavy (non-hydrogen) atoms. The van der Waals surface area contributed by atoms with Gasteiger partial charge in [0.1, 0.15) is 6.04 Å². The van der Waals surface area contributed by atoms with E-state index < -0.39 is 12.0 Å². The Hall–Kier alpha value is -3.71. The quantitative estimate of drug-likeness (QED) is 0.474. The fraction of sp³-hybridized carbons (Fsp3) is 0.240. The van der Waals surface area contributed by atoms with Gasteiger partial charge in [0.25, 0.3) is 5.91 Å². The van der Waals surface area contributed by atoms with Crippen LogP contribution in [0.15, 0.2) is 42.7 Å². The number of carbonyl (C=O) groups excluding carboxylic acids is 1. The van der Waals surface area contributed by atoms with Crippen LogP contribution in [0.4, 0.5) is 5.69 Å². The van der Waals surface area contributed by atoms with E-state index in [1.165, 1.54) is 0 Å². The molecule has 4 N–H and O–H groups in total. The van der Waals surface area contributed by atoms with Crippen molar-refractivity contribution in [2.75, 3.05) is 11.9 Å². The lowest BCUT2D eigenvalue weighted by Gasteiger charge is -2.16. The number of aromatic amines is 1. The zero-order chi connectivity index (χ0) is 22.4. The zero-order valence-corrected chi connectivity index (χ0v) is 17.9. The number of carboxylic acids is 1. The summed E-state index contributed by atoms with van der Waals surface area (Å²) in [6.07, 6.45) is 6.13. The smallest absolute Gasteiger partial charge is 0.321 e. The van der Waals surface area contributed by atoms with Crippen LogP contribution in [0, 0.1) is 13.8 Å². The molecule has 0 radical (unpaired) electrons. The van der Waals surface area contributed by atoms with Gasteiger partial charge in [0.2, 0.25) is 0 Å². The lowest BCUT2D eigenvalue weighted by atomic mass is 9.88. The minimum absolute atomic E-state index is 0.104. The summed E-state index contributed by atoms with van der Waals surface area (Å²) >= 11 is 0. The molecule has 2 aliphatic heterocycles. The Balaban J connectivity index is 1.61. The summed E-state index contributed by atoms with van der Waals surface area (Å²) in [5.41, 5.74) is 7.95. The number of carbonyl (C=O) groups is 2. The predicted octanol–water partition coefficient (Wildman–Crippen LogP) is 3.72. The summed E-state index contributed by atoms with van der Waals surface area (Å²) < 4.78 is 0. The van der Waals surface area contributed by atoms with Crippen molar-refractivity contribution < 1.29 is 14.7 Å². The number of nitrogens with zero attached hydrogens (tertiary/aromatic N) is 1. The maximum Gasteiger partial charge on any atom is 0.321 e. The summed E-state index contributed by atoms with van der Waals surface area (Å²) in [7, 11) is 0. The average Bonchev–Trinajstić information content (AvgIpc) is 3.45. The number of aryl methyl sites for hydroxylation is 1. The zero-order valence-electron chi connectivity index (χ0n) is 17.9. The van der Waals surface area contributed by atoms with E-state index in [9.17, 15) is 14.7 Å². The first kappa shape index (κ1) is 20.2. The minimum atomic E-state index is -0.835. The molecule has 4 heterocycles. The second-order valence-corrected chi connectivity index (χ2v) is 8.34. The Labute approximate surface area is 185 Å². The van der Waals surface area contributed by atoms with Gasteiger partial charge in [-0.25, -0.2) is 0 Å². The second kappa shape index (κ2) is 7.76. The third-order valence-electron chi connectivity index (χ3n) is 6.50. The van der Waals surface area contributed by atoms with Crippen LogP contribution < -0.4 is 10.6 Å². The lowest BCUT2D eigenvalue weighted by molar-refractivity contribution is -0.139. The first-order chi connectivity index (χ1) is 15.5. The molecular weight excluding hydrogens is 404 g/mol. The van der Waals surface area contributed by atoms with Crippen molar-refractivity contribution in [3.63, 3.8) is 0 Å². The second-order valence-electron chi connectivity index (χ2n) is 8.34. The maximum atomic E-state index is 12.9. The van der Waals surface area contributed by atoms with Crippen LogP contribution in [0.5, 0.6) is 0 Å². The minimum Gasteiger partial charge on any atom is -0.480 e. The van der Waals surface area contributed by atoms with E-state index in [4.69, 9.17) is 0 Å². The highest BCUT2D eigenvalue weighted by Gasteiger charge is 2.36. The molecule has 2 aliphatic rings. The summed E-state index contributed by atoms with van der Waals surface area (Å²) in [4.78, 5) is 32.1. The SMILES string of the molecule is Cc1[nH]c(C=C2C(=O)Nc3cccc(-c4ccncc4)c32)c(C)c1C1CCN[C@@H]1C(=O)O. The molecule has 2 atom stereocenters. The Bertz CT molecular complexity index is 1260. The number of hydrogen-bond acceptors (Lipinski definition) is 4. The fourth-order valence-corrected chi connectivity index (χ4v) is 5.07. The molecule has 0 spiro atoms. The van der Waals surface area contributed by atoms with Gasteiger partial charge in [0.05, 0.1) is 5.57 Å². The third-order valence-corrected chi connectivity index (χ3v) is 6.50. The van der Waals surface area contributed by atoms with E-state index in [-0.39, 0.29) is 11.8 Å². The van der Waals surface area contributed by atoms with E-state index >= 15 is 0 Å². The number of H-pyrrole nitrogens is 1. The van der Waals surface area contributed by atoms with E-state index in [1.807, 2.05) is 50.3 Å². The third kappa shape index (κ3) is 3.22. The lowest BCUT2D eigenvalue weighted by Crippen LogP contribution is -2.34. The Morgan fingerprint density at radius 3 is 2.72 bits per heavy atom. The van der Waals surface area contributed by atoms with Crippen LogP contribution in [0.3, 0.4) is 0 Å². The number of pyridine rings is 1. The summed E-state index contributed by atoms with van der Waals surface area (Å²) in [6.45, 7) is 4.63. The molecule has 1 saturated heterocycles. The van der Waals surface area contributed by atoms with Crippen molar-refractivity contribution in [1.29, 1.82) is 0 Å². The van der Waals surface area contributed by atoms with E-state index in [0.717, 1.165) is 51.3 Å². The number of nitrogens with one attached hydrogen (secondary N) is 3. The van der Waals surface area contributed by atoms with Crippen molar-refractivity contribution in [3.8, 4) is 11.1 Å². The molecular formula is C25H24N4O3. The molecule has 0 bridgehead atoms. The number of fused-ring (bicyclic) bond motifs is 1. The van der Waals surface area contributed by atoms with E-state index in [2.05, 4.69) is 20.6 Å². The number of anilines is 1. The number of aliphatic carboxylic acids is 1. The van der Waals surface area contributed by atoms with Crippen molar-refractivity contribution in [2.24, 2.45) is 0 Å². The van der Waals surface area contributed by atoms with Gasteiger partial charge in [-0.3, -0.25) is 14.6 Å². The van der Waals surface area contributed by atoms with Crippen molar-refractivity contribution in [1.82, 2.24) is 15.3 Å². The largest absolute Gasteiger partial charge is 0.480 e. The molecule has 2 aromatic heterocycles. The van der Waals surface area contributed by atoms with Gasteiger partial charge in [-0.1, -0.05) is 12.1 Å². The molecule has 1 unspecified atom stereocenters. The van der Waals surface area contributed by atoms with E-state index in [1.54, 1.807) is 12.4 Å². The van der Waals surface area contributed by atoms with E-state index in [0.29, 0.717) is 12.1 Å². The summed E-state index contributed by atoms with van der Waals surface area (Å²) in [6, 6.07) is 9.09. The molecule has 7 nitrogen and oxygen atoms in total. The summed E-state index contributed by atoms with van der Waals surface area (Å²) in [5, 5.41) is 15.7. The van der Waals surface area contributed by atoms with Crippen molar-refractivity contribution in [3.05, 3.63) is 70.8 Å². The number of hydrogen-bond donors (Lipinski definition) is 4. The molecule has 162 valence electrons. The number of amides is 1. The Kier molecular flexibility index (Phi) is 4.90. The van der Waals surface area contributed by atoms with Gasteiger partial charge in [-0.05, 0) is 73.3 Å². The molecule has 5 rings (SSSR count).